The van der Waals surface area contributed by atoms with E-state index < -0.39 is 6.29 Å². The lowest BCUT2D eigenvalue weighted by Gasteiger charge is -2.32. The molecule has 1 aromatic heterocycles. The highest BCUT2D eigenvalue weighted by Crippen LogP contribution is 2.26. The SMILES string of the molecule is CCC1CC(=O)NC(n2nc(C(C)(C)C)cc2NC(=O)NCCOC)N1. The normalized spacial score (nSPS) is 20.6. The van der Waals surface area contributed by atoms with Gasteiger partial charge >= 0.3 is 6.03 Å². The number of urea groups is 1. The number of rotatable bonds is 6. The van der Waals surface area contributed by atoms with E-state index in [-0.39, 0.29) is 23.4 Å². The Labute approximate surface area is 154 Å². The Hall–Kier alpha value is -2.13. The Kier molecular flexibility index (Phi) is 6.60. The maximum Gasteiger partial charge on any atom is 0.320 e. The van der Waals surface area contributed by atoms with Crippen molar-refractivity contribution in [3.8, 4) is 0 Å². The minimum absolute atomic E-state index is 0.0381. The summed E-state index contributed by atoms with van der Waals surface area (Å²) in [5.41, 5.74) is 0.621. The lowest BCUT2D eigenvalue weighted by atomic mass is 9.92. The highest BCUT2D eigenvalue weighted by molar-refractivity contribution is 5.88. The van der Waals surface area contributed by atoms with Crippen molar-refractivity contribution in [1.29, 1.82) is 0 Å². The predicted molar refractivity (Wildman–Crippen MR) is 98.8 cm³/mol. The van der Waals surface area contributed by atoms with Gasteiger partial charge in [-0.25, -0.2) is 9.48 Å². The summed E-state index contributed by atoms with van der Waals surface area (Å²) in [7, 11) is 1.58. The lowest BCUT2D eigenvalue weighted by Crippen LogP contribution is -2.53. The Morgan fingerprint density at radius 2 is 2.19 bits per heavy atom. The fourth-order valence-electron chi connectivity index (χ4n) is 2.63. The van der Waals surface area contributed by atoms with Crippen LogP contribution >= 0.6 is 0 Å². The number of nitrogens with one attached hydrogen (secondary N) is 4. The summed E-state index contributed by atoms with van der Waals surface area (Å²) in [5.74, 6) is 0.475. The molecule has 0 saturated carbocycles. The average Bonchev–Trinajstić information content (AvgIpc) is 2.98. The smallest absolute Gasteiger partial charge is 0.320 e. The Balaban J connectivity index is 2.24. The molecule has 9 heteroatoms. The molecule has 0 aromatic carbocycles. The van der Waals surface area contributed by atoms with Gasteiger partial charge in [0.05, 0.1) is 12.3 Å². The molecule has 4 N–H and O–H groups in total. The number of carbonyl (C=O) groups is 2. The molecule has 0 bridgehead atoms. The summed E-state index contributed by atoms with van der Waals surface area (Å²) in [6, 6.07) is 1.55. The zero-order valence-electron chi connectivity index (χ0n) is 16.2. The van der Waals surface area contributed by atoms with Gasteiger partial charge in [0.15, 0.2) is 6.29 Å². The van der Waals surface area contributed by atoms with E-state index in [0.29, 0.717) is 25.4 Å². The van der Waals surface area contributed by atoms with Crippen LogP contribution in [0.15, 0.2) is 6.07 Å². The first kappa shape index (κ1) is 20.2. The topological polar surface area (TPSA) is 109 Å². The molecule has 9 nitrogen and oxygen atoms in total. The molecule has 1 saturated heterocycles. The molecule has 26 heavy (non-hydrogen) atoms. The lowest BCUT2D eigenvalue weighted by molar-refractivity contribution is -0.125. The zero-order valence-corrected chi connectivity index (χ0v) is 16.2. The third-order valence-electron chi connectivity index (χ3n) is 4.20. The first-order valence-corrected chi connectivity index (χ1v) is 8.93. The van der Waals surface area contributed by atoms with Gasteiger partial charge < -0.3 is 15.4 Å². The number of anilines is 1. The Bertz CT molecular complexity index is 637. The molecule has 2 unspecified atom stereocenters. The molecule has 1 aromatic rings. The number of ether oxygens (including phenoxy) is 1. The third kappa shape index (κ3) is 5.18. The molecule has 0 radical (unpaired) electrons. The van der Waals surface area contributed by atoms with E-state index >= 15 is 0 Å². The second kappa shape index (κ2) is 8.50. The summed E-state index contributed by atoms with van der Waals surface area (Å²) in [5, 5.41) is 16.4. The van der Waals surface area contributed by atoms with Gasteiger partial charge in [-0.15, -0.1) is 0 Å². The molecule has 2 heterocycles. The number of hydrogen-bond acceptors (Lipinski definition) is 5. The standard InChI is InChI=1S/C17H30N6O3/c1-6-11-9-14(24)21-15(19-11)23-13(10-12(22-23)17(2,3)4)20-16(25)18-7-8-26-5/h10-11,15,19H,6-9H2,1-5H3,(H,21,24)(H2,18,20,25). The van der Waals surface area contributed by atoms with Gasteiger partial charge in [-0.3, -0.25) is 15.4 Å². The van der Waals surface area contributed by atoms with Gasteiger partial charge in [0.25, 0.3) is 0 Å². The van der Waals surface area contributed by atoms with Crippen LogP contribution in [-0.2, 0) is 14.9 Å². The first-order chi connectivity index (χ1) is 12.2. The van der Waals surface area contributed by atoms with Gasteiger partial charge in [0.1, 0.15) is 5.82 Å². The molecular formula is C17H30N6O3. The Morgan fingerprint density at radius 1 is 1.46 bits per heavy atom. The molecule has 2 atom stereocenters. The monoisotopic (exact) mass is 366 g/mol. The molecule has 146 valence electrons. The predicted octanol–water partition coefficient (Wildman–Crippen LogP) is 1.29. The van der Waals surface area contributed by atoms with E-state index in [2.05, 4.69) is 26.4 Å². The number of hydrogen-bond donors (Lipinski definition) is 4. The second-order valence-corrected chi connectivity index (χ2v) is 7.43. The van der Waals surface area contributed by atoms with E-state index in [1.54, 1.807) is 11.8 Å². The molecule has 0 spiro atoms. The summed E-state index contributed by atoms with van der Waals surface area (Å²) >= 11 is 0. The first-order valence-electron chi connectivity index (χ1n) is 8.93. The Morgan fingerprint density at radius 3 is 2.81 bits per heavy atom. The number of nitrogens with zero attached hydrogens (tertiary/aromatic N) is 2. The number of aromatic nitrogens is 2. The van der Waals surface area contributed by atoms with Crippen LogP contribution in [0.5, 0.6) is 0 Å². The van der Waals surface area contributed by atoms with E-state index in [1.807, 2.05) is 33.8 Å². The summed E-state index contributed by atoms with van der Waals surface area (Å²) < 4.78 is 6.55. The van der Waals surface area contributed by atoms with Crippen molar-refractivity contribution in [1.82, 2.24) is 25.7 Å². The van der Waals surface area contributed by atoms with Crippen LogP contribution in [0.25, 0.3) is 0 Å². The van der Waals surface area contributed by atoms with Gasteiger partial charge in [0.2, 0.25) is 5.91 Å². The number of methoxy groups -OCH3 is 1. The van der Waals surface area contributed by atoms with Crippen LogP contribution in [0.2, 0.25) is 0 Å². The fraction of sp³-hybridized carbons (Fsp3) is 0.706. The van der Waals surface area contributed by atoms with Gasteiger partial charge in [-0.1, -0.05) is 27.7 Å². The summed E-state index contributed by atoms with van der Waals surface area (Å²) in [6.45, 7) is 8.99. The van der Waals surface area contributed by atoms with Crippen LogP contribution in [-0.4, -0.2) is 48.0 Å². The largest absolute Gasteiger partial charge is 0.383 e. The van der Waals surface area contributed by atoms with E-state index in [1.165, 1.54) is 0 Å². The molecule has 0 aliphatic carbocycles. The average molecular weight is 366 g/mol. The fourth-order valence-corrected chi connectivity index (χ4v) is 2.63. The maximum absolute atomic E-state index is 12.1. The van der Waals surface area contributed by atoms with Crippen LogP contribution in [0.1, 0.15) is 52.5 Å². The van der Waals surface area contributed by atoms with Crippen molar-refractivity contribution >= 4 is 17.8 Å². The highest BCUT2D eigenvalue weighted by Gasteiger charge is 2.30. The van der Waals surface area contributed by atoms with Gasteiger partial charge in [-0.05, 0) is 6.42 Å². The van der Waals surface area contributed by atoms with Crippen molar-refractivity contribution in [2.75, 3.05) is 25.6 Å². The molecule has 1 fully saturated rings. The van der Waals surface area contributed by atoms with E-state index in [0.717, 1.165) is 12.1 Å². The molecular weight excluding hydrogens is 336 g/mol. The van der Waals surface area contributed by atoms with Crippen molar-refractivity contribution in [3.63, 3.8) is 0 Å². The van der Waals surface area contributed by atoms with Crippen LogP contribution < -0.4 is 21.3 Å². The minimum atomic E-state index is -0.508. The zero-order chi connectivity index (χ0) is 19.3. The van der Waals surface area contributed by atoms with Crippen molar-refractivity contribution in [2.24, 2.45) is 0 Å². The number of amides is 3. The summed E-state index contributed by atoms with van der Waals surface area (Å²) in [6.07, 6.45) is 0.754. The van der Waals surface area contributed by atoms with Crippen LogP contribution in [0, 0.1) is 0 Å². The van der Waals surface area contributed by atoms with E-state index in [9.17, 15) is 9.59 Å². The van der Waals surface area contributed by atoms with Crippen molar-refractivity contribution in [3.05, 3.63) is 11.8 Å². The van der Waals surface area contributed by atoms with Crippen molar-refractivity contribution in [2.45, 2.75) is 58.3 Å². The van der Waals surface area contributed by atoms with Crippen LogP contribution in [0.4, 0.5) is 10.6 Å². The molecule has 1 aliphatic heterocycles. The van der Waals surface area contributed by atoms with Crippen LogP contribution in [0.3, 0.4) is 0 Å². The maximum atomic E-state index is 12.1. The second-order valence-electron chi connectivity index (χ2n) is 7.43. The quantitative estimate of drug-likeness (QED) is 0.567. The highest BCUT2D eigenvalue weighted by atomic mass is 16.5. The third-order valence-corrected chi connectivity index (χ3v) is 4.20. The molecule has 3 amide bonds. The van der Waals surface area contributed by atoms with Gasteiger partial charge in [0, 0.05) is 37.6 Å². The number of carbonyl (C=O) groups excluding carboxylic acids is 2. The molecule has 2 rings (SSSR count). The van der Waals surface area contributed by atoms with Crippen molar-refractivity contribution < 1.29 is 14.3 Å². The van der Waals surface area contributed by atoms with E-state index in [4.69, 9.17) is 4.74 Å². The minimum Gasteiger partial charge on any atom is -0.383 e. The summed E-state index contributed by atoms with van der Waals surface area (Å²) in [4.78, 5) is 24.2. The molecule has 1 aliphatic rings. The van der Waals surface area contributed by atoms with Gasteiger partial charge in [-0.2, -0.15) is 5.10 Å².